The Hall–Kier alpha value is 0.350. The predicted octanol–water partition coefficient (Wildman–Crippen LogP) is 2.15. The van der Waals surface area contributed by atoms with Crippen LogP contribution in [0.15, 0.2) is 0 Å². The number of urea groups is 1. The Labute approximate surface area is 109 Å². The maximum Gasteiger partial charge on any atom is 0.315 e. The van der Waals surface area contributed by atoms with Gasteiger partial charge in [-0.1, -0.05) is 35.4 Å². The van der Waals surface area contributed by atoms with E-state index in [1.54, 1.807) is 0 Å². The molecule has 15 heavy (non-hydrogen) atoms. The van der Waals surface area contributed by atoms with Crippen LogP contribution in [-0.2, 0) is 0 Å². The van der Waals surface area contributed by atoms with Crippen LogP contribution in [0.3, 0.4) is 0 Å². The second-order valence-electron chi connectivity index (χ2n) is 4.16. The molecular formula is C10H17IN2OS. The van der Waals surface area contributed by atoms with Gasteiger partial charge in [-0.05, 0) is 17.3 Å². The molecular weight excluding hydrogens is 323 g/mol. The normalized spacial score (nSPS) is 33.7. The van der Waals surface area contributed by atoms with Crippen molar-refractivity contribution >= 4 is 40.4 Å². The van der Waals surface area contributed by atoms with Crippen LogP contribution in [0.1, 0.15) is 25.7 Å². The summed E-state index contributed by atoms with van der Waals surface area (Å²) in [5.74, 6) is 1.08. The molecule has 2 rings (SSSR count). The molecule has 0 aliphatic carbocycles. The fourth-order valence-corrected chi connectivity index (χ4v) is 4.34. The van der Waals surface area contributed by atoms with E-state index in [-0.39, 0.29) is 6.03 Å². The standard InChI is InChI=1S/C10H17IN2OS/c11-5-3-1-2-4-8-9-7(6-15-8)12-10(14)13-9/h7-9H,1-6H2,(H2,12,13,14)/t7-,8-,9-/m0/s1. The van der Waals surface area contributed by atoms with Crippen LogP contribution in [0.25, 0.3) is 0 Å². The van der Waals surface area contributed by atoms with Gasteiger partial charge in [-0.3, -0.25) is 0 Å². The van der Waals surface area contributed by atoms with Crippen LogP contribution in [0.5, 0.6) is 0 Å². The Morgan fingerprint density at radius 3 is 3.00 bits per heavy atom. The number of carbonyl (C=O) groups is 1. The third-order valence-electron chi connectivity index (χ3n) is 3.06. The number of unbranched alkanes of at least 4 members (excludes halogenated alkanes) is 2. The average Bonchev–Trinajstić information content (AvgIpc) is 2.73. The molecule has 0 aromatic rings. The first-order chi connectivity index (χ1) is 7.31. The van der Waals surface area contributed by atoms with Gasteiger partial charge >= 0.3 is 6.03 Å². The van der Waals surface area contributed by atoms with Crippen molar-refractivity contribution in [2.75, 3.05) is 10.2 Å². The van der Waals surface area contributed by atoms with Crippen molar-refractivity contribution in [2.45, 2.75) is 43.0 Å². The summed E-state index contributed by atoms with van der Waals surface area (Å²) in [4.78, 5) is 11.1. The topological polar surface area (TPSA) is 41.1 Å². The van der Waals surface area contributed by atoms with Crippen molar-refractivity contribution < 1.29 is 4.79 Å². The zero-order valence-electron chi connectivity index (χ0n) is 8.67. The molecule has 2 saturated heterocycles. The lowest BCUT2D eigenvalue weighted by molar-refractivity contribution is 0.247. The van der Waals surface area contributed by atoms with Gasteiger partial charge in [0, 0.05) is 11.0 Å². The summed E-state index contributed by atoms with van der Waals surface area (Å²) in [6, 6.07) is 0.807. The summed E-state index contributed by atoms with van der Waals surface area (Å²) in [6.45, 7) is 0. The molecule has 0 radical (unpaired) electrons. The number of rotatable bonds is 5. The number of halogens is 1. The van der Waals surface area contributed by atoms with Gasteiger partial charge < -0.3 is 10.6 Å². The van der Waals surface area contributed by atoms with Gasteiger partial charge in [0.15, 0.2) is 0 Å². The van der Waals surface area contributed by atoms with E-state index in [1.807, 2.05) is 11.8 Å². The van der Waals surface area contributed by atoms with E-state index in [0.717, 1.165) is 5.75 Å². The molecule has 3 nitrogen and oxygen atoms in total. The predicted molar refractivity (Wildman–Crippen MR) is 72.8 cm³/mol. The smallest absolute Gasteiger partial charge is 0.315 e. The number of nitrogens with one attached hydrogen (secondary N) is 2. The molecule has 0 unspecified atom stereocenters. The molecule has 0 spiro atoms. The Morgan fingerprint density at radius 1 is 1.33 bits per heavy atom. The van der Waals surface area contributed by atoms with E-state index in [9.17, 15) is 4.79 Å². The van der Waals surface area contributed by atoms with E-state index in [1.165, 1.54) is 30.1 Å². The lowest BCUT2D eigenvalue weighted by atomic mass is 10.0. The van der Waals surface area contributed by atoms with E-state index in [4.69, 9.17) is 0 Å². The number of fused-ring (bicyclic) bond motifs is 1. The number of hydrogen-bond acceptors (Lipinski definition) is 2. The Morgan fingerprint density at radius 2 is 2.20 bits per heavy atom. The minimum Gasteiger partial charge on any atom is -0.332 e. The third-order valence-corrected chi connectivity index (χ3v) is 5.33. The van der Waals surface area contributed by atoms with Crippen molar-refractivity contribution in [3.63, 3.8) is 0 Å². The number of carbonyl (C=O) groups excluding carboxylic acids is 1. The third kappa shape index (κ3) is 2.93. The minimum absolute atomic E-state index is 0.0302. The summed E-state index contributed by atoms with van der Waals surface area (Å²) in [5, 5.41) is 6.65. The molecule has 2 N–H and O–H groups in total. The maximum absolute atomic E-state index is 11.1. The Balaban J connectivity index is 1.72. The highest BCUT2D eigenvalue weighted by Gasteiger charge is 2.42. The second kappa shape index (κ2) is 5.61. The largest absolute Gasteiger partial charge is 0.332 e. The highest BCUT2D eigenvalue weighted by atomic mass is 127. The molecule has 3 atom stereocenters. The second-order valence-corrected chi connectivity index (χ2v) is 6.51. The molecule has 2 heterocycles. The maximum atomic E-state index is 11.1. The number of amides is 2. The van der Waals surface area contributed by atoms with Crippen LogP contribution in [-0.4, -0.2) is 33.5 Å². The summed E-state index contributed by atoms with van der Waals surface area (Å²) < 4.78 is 1.26. The molecule has 2 aliphatic heterocycles. The van der Waals surface area contributed by atoms with Gasteiger partial charge in [-0.15, -0.1) is 0 Å². The Kier molecular flexibility index (Phi) is 4.42. The zero-order valence-corrected chi connectivity index (χ0v) is 11.6. The van der Waals surface area contributed by atoms with Crippen molar-refractivity contribution in [2.24, 2.45) is 0 Å². The van der Waals surface area contributed by atoms with Crippen LogP contribution < -0.4 is 10.6 Å². The first-order valence-electron chi connectivity index (χ1n) is 5.56. The summed E-state index contributed by atoms with van der Waals surface area (Å²) in [6.07, 6.45) is 5.22. The van der Waals surface area contributed by atoms with Crippen molar-refractivity contribution in [3.8, 4) is 0 Å². The van der Waals surface area contributed by atoms with Gasteiger partial charge in [-0.2, -0.15) is 11.8 Å². The van der Waals surface area contributed by atoms with Crippen molar-refractivity contribution in [1.82, 2.24) is 10.6 Å². The molecule has 2 amide bonds. The lowest BCUT2D eigenvalue weighted by Gasteiger charge is -2.16. The molecule has 86 valence electrons. The van der Waals surface area contributed by atoms with E-state index >= 15 is 0 Å². The summed E-state index contributed by atoms with van der Waals surface area (Å²) in [5.41, 5.74) is 0. The van der Waals surface area contributed by atoms with Gasteiger partial charge in [0.05, 0.1) is 12.1 Å². The fraction of sp³-hybridized carbons (Fsp3) is 0.900. The molecule has 2 aliphatic rings. The molecule has 0 aromatic carbocycles. The van der Waals surface area contributed by atoms with E-state index < -0.39 is 0 Å². The number of thioether (sulfide) groups is 1. The van der Waals surface area contributed by atoms with Crippen LogP contribution in [0.4, 0.5) is 4.79 Å². The fourth-order valence-electron chi connectivity index (χ4n) is 2.26. The number of alkyl halides is 1. The highest BCUT2D eigenvalue weighted by Crippen LogP contribution is 2.33. The first kappa shape index (κ1) is 11.8. The van der Waals surface area contributed by atoms with Gasteiger partial charge in [-0.25, -0.2) is 4.79 Å². The lowest BCUT2D eigenvalue weighted by Crippen LogP contribution is -2.36. The SMILES string of the molecule is O=C1N[C@H]2[C@H](CS[C@H]2CCCCCI)N1. The monoisotopic (exact) mass is 340 g/mol. The minimum atomic E-state index is 0.0302. The van der Waals surface area contributed by atoms with Gasteiger partial charge in [0.25, 0.3) is 0 Å². The van der Waals surface area contributed by atoms with Crippen LogP contribution >= 0.6 is 34.4 Å². The van der Waals surface area contributed by atoms with E-state index in [2.05, 4.69) is 33.2 Å². The van der Waals surface area contributed by atoms with Crippen molar-refractivity contribution in [1.29, 1.82) is 0 Å². The average molecular weight is 340 g/mol. The summed E-state index contributed by atoms with van der Waals surface area (Å²) in [7, 11) is 0. The number of hydrogen-bond donors (Lipinski definition) is 2. The Bertz CT molecular complexity index is 239. The zero-order chi connectivity index (χ0) is 10.7. The molecule has 2 fully saturated rings. The van der Waals surface area contributed by atoms with Gasteiger partial charge in [0.1, 0.15) is 0 Å². The van der Waals surface area contributed by atoms with Crippen LogP contribution in [0, 0.1) is 0 Å². The van der Waals surface area contributed by atoms with E-state index in [0.29, 0.717) is 17.3 Å². The molecule has 0 bridgehead atoms. The first-order valence-corrected chi connectivity index (χ1v) is 8.13. The molecule has 5 heteroatoms. The quantitative estimate of drug-likeness (QED) is 0.349. The molecule has 0 saturated carbocycles. The summed E-state index contributed by atoms with van der Waals surface area (Å²) >= 11 is 4.45. The van der Waals surface area contributed by atoms with Crippen molar-refractivity contribution in [3.05, 3.63) is 0 Å². The highest BCUT2D eigenvalue weighted by molar-refractivity contribution is 14.1. The van der Waals surface area contributed by atoms with Crippen LogP contribution in [0.2, 0.25) is 0 Å². The van der Waals surface area contributed by atoms with Gasteiger partial charge in [0.2, 0.25) is 0 Å². The molecule has 0 aromatic heterocycles.